The van der Waals surface area contributed by atoms with Crippen molar-refractivity contribution in [2.45, 2.75) is 25.2 Å². The van der Waals surface area contributed by atoms with Gasteiger partial charge in [-0.25, -0.2) is 0 Å². The summed E-state index contributed by atoms with van der Waals surface area (Å²) < 4.78 is 16.6. The molecule has 1 radical (unpaired) electrons. The topological polar surface area (TPSA) is 47.7 Å². The second-order valence-corrected chi connectivity index (χ2v) is 7.54. The van der Waals surface area contributed by atoms with Gasteiger partial charge in [-0.2, -0.15) is 0 Å². The Bertz CT molecular complexity index is 919. The third-order valence-electron chi connectivity index (χ3n) is 5.32. The highest BCUT2D eigenvalue weighted by molar-refractivity contribution is 6.31. The number of halogens is 1. The van der Waals surface area contributed by atoms with Crippen LogP contribution in [0.4, 0.5) is 0 Å². The van der Waals surface area contributed by atoms with Gasteiger partial charge in [0, 0.05) is 28.9 Å². The largest absolute Gasteiger partial charge is 0.493 e. The van der Waals surface area contributed by atoms with E-state index in [1.165, 1.54) is 0 Å². The van der Waals surface area contributed by atoms with Gasteiger partial charge in [-0.3, -0.25) is 0 Å². The fourth-order valence-corrected chi connectivity index (χ4v) is 3.97. The second kappa shape index (κ2) is 8.84. The summed E-state index contributed by atoms with van der Waals surface area (Å²) in [5.41, 5.74) is 1.85. The lowest BCUT2D eigenvalue weighted by Crippen LogP contribution is -2.34. The quantitative estimate of drug-likeness (QED) is 0.527. The summed E-state index contributed by atoms with van der Waals surface area (Å²) in [6.45, 7) is 3.84. The molecule has 0 aliphatic carbocycles. The van der Waals surface area contributed by atoms with Crippen molar-refractivity contribution in [2.24, 2.45) is 0 Å². The number of ether oxygens (including phenoxy) is 2. The molecule has 0 spiro atoms. The van der Waals surface area contributed by atoms with Gasteiger partial charge >= 0.3 is 0 Å². The van der Waals surface area contributed by atoms with Gasteiger partial charge in [0.1, 0.15) is 0 Å². The maximum atomic E-state index is 6.04. The highest BCUT2D eigenvalue weighted by atomic mass is 35.5. The Hall–Kier alpha value is -2.24. The van der Waals surface area contributed by atoms with E-state index in [0.717, 1.165) is 67.1 Å². The van der Waals surface area contributed by atoms with Crippen LogP contribution in [0.2, 0.25) is 5.02 Å². The molecule has 3 aromatic rings. The summed E-state index contributed by atoms with van der Waals surface area (Å²) in [5, 5.41) is 6.09. The van der Waals surface area contributed by atoms with Crippen LogP contribution in [-0.4, -0.2) is 43.4 Å². The lowest BCUT2D eigenvalue weighted by Gasteiger charge is -2.31. The maximum Gasteiger partial charge on any atom is 0.168 e. The van der Waals surface area contributed by atoms with E-state index in [1.54, 1.807) is 13.2 Å². The van der Waals surface area contributed by atoms with E-state index < -0.39 is 0 Å². The summed E-state index contributed by atoms with van der Waals surface area (Å²) >= 11 is 6.04. The van der Waals surface area contributed by atoms with E-state index in [-0.39, 0.29) is 0 Å². The van der Waals surface area contributed by atoms with E-state index >= 15 is 0 Å². The monoisotopic (exact) mass is 399 g/mol. The zero-order valence-corrected chi connectivity index (χ0v) is 16.7. The third-order valence-corrected chi connectivity index (χ3v) is 5.56. The molecule has 147 valence electrons. The molecular weight excluding hydrogens is 376 g/mol. The Morgan fingerprint density at radius 3 is 2.93 bits per heavy atom. The molecule has 0 amide bonds. The van der Waals surface area contributed by atoms with Crippen molar-refractivity contribution in [2.75, 3.05) is 33.4 Å². The van der Waals surface area contributed by atoms with Crippen LogP contribution in [0.15, 0.2) is 40.9 Å². The van der Waals surface area contributed by atoms with Crippen molar-refractivity contribution in [1.29, 1.82) is 0 Å². The van der Waals surface area contributed by atoms with Crippen LogP contribution in [-0.2, 0) is 0 Å². The van der Waals surface area contributed by atoms with Gasteiger partial charge in [0.25, 0.3) is 0 Å². The van der Waals surface area contributed by atoms with Crippen molar-refractivity contribution >= 4 is 22.6 Å². The second-order valence-electron chi connectivity index (χ2n) is 7.10. The van der Waals surface area contributed by atoms with E-state index in [4.69, 9.17) is 25.6 Å². The SMILES string of the molecule is COc1c[c]ccc1OCCCN1CCC(c2noc3cc(Cl)ccc23)CC1. The van der Waals surface area contributed by atoms with E-state index in [9.17, 15) is 0 Å². The van der Waals surface area contributed by atoms with Crippen molar-refractivity contribution in [1.82, 2.24) is 10.1 Å². The zero-order valence-electron chi connectivity index (χ0n) is 16.0. The molecule has 0 unspecified atom stereocenters. The molecule has 1 aliphatic rings. The summed E-state index contributed by atoms with van der Waals surface area (Å²) in [7, 11) is 1.65. The summed E-state index contributed by atoms with van der Waals surface area (Å²) in [6, 6.07) is 14.3. The first-order chi connectivity index (χ1) is 13.7. The van der Waals surface area contributed by atoms with Crippen LogP contribution in [0.3, 0.4) is 0 Å². The highest BCUT2D eigenvalue weighted by Crippen LogP contribution is 2.33. The van der Waals surface area contributed by atoms with Crippen LogP contribution in [0, 0.1) is 6.07 Å². The highest BCUT2D eigenvalue weighted by Gasteiger charge is 2.24. The number of rotatable bonds is 7. The number of hydrogen-bond acceptors (Lipinski definition) is 5. The van der Waals surface area contributed by atoms with E-state index in [2.05, 4.69) is 16.1 Å². The van der Waals surface area contributed by atoms with Gasteiger partial charge in [0.15, 0.2) is 17.1 Å². The first-order valence-corrected chi connectivity index (χ1v) is 10.1. The van der Waals surface area contributed by atoms with Gasteiger partial charge in [-0.15, -0.1) is 0 Å². The number of likely N-dealkylation sites (tertiary alicyclic amines) is 1. The molecule has 28 heavy (non-hydrogen) atoms. The predicted octanol–water partition coefficient (Wildman–Crippen LogP) is 4.94. The minimum Gasteiger partial charge on any atom is -0.493 e. The average molecular weight is 400 g/mol. The lowest BCUT2D eigenvalue weighted by molar-refractivity contribution is 0.189. The number of nitrogens with zero attached hydrogens (tertiary/aromatic N) is 2. The van der Waals surface area contributed by atoms with Crippen LogP contribution in [0.5, 0.6) is 11.5 Å². The smallest absolute Gasteiger partial charge is 0.168 e. The summed E-state index contributed by atoms with van der Waals surface area (Å²) in [6.07, 6.45) is 3.17. The molecule has 1 aromatic heterocycles. The van der Waals surface area contributed by atoms with Crippen LogP contribution >= 0.6 is 11.6 Å². The minimum atomic E-state index is 0.444. The molecule has 1 aliphatic heterocycles. The van der Waals surface area contributed by atoms with Gasteiger partial charge in [-0.05, 0) is 62.7 Å². The molecule has 0 atom stereocenters. The Balaban J connectivity index is 1.24. The van der Waals surface area contributed by atoms with Crippen LogP contribution in [0.1, 0.15) is 30.9 Å². The predicted molar refractivity (Wildman–Crippen MR) is 109 cm³/mol. The molecule has 0 bridgehead atoms. The molecule has 4 rings (SSSR count). The zero-order chi connectivity index (χ0) is 19.3. The molecule has 2 aromatic carbocycles. The van der Waals surface area contributed by atoms with Crippen LogP contribution in [0.25, 0.3) is 11.0 Å². The van der Waals surface area contributed by atoms with Gasteiger partial charge in [-0.1, -0.05) is 22.8 Å². The number of methoxy groups -OCH3 is 1. The number of aromatic nitrogens is 1. The molecule has 0 N–H and O–H groups in total. The molecule has 0 saturated carbocycles. The van der Waals surface area contributed by atoms with Crippen molar-refractivity contribution in [3.8, 4) is 11.5 Å². The molecule has 6 heteroatoms. The summed E-state index contributed by atoms with van der Waals surface area (Å²) in [4.78, 5) is 2.50. The van der Waals surface area contributed by atoms with Gasteiger partial charge in [0.2, 0.25) is 0 Å². The Morgan fingerprint density at radius 1 is 1.25 bits per heavy atom. The number of benzene rings is 2. The van der Waals surface area contributed by atoms with Gasteiger partial charge < -0.3 is 18.9 Å². The number of fused-ring (bicyclic) bond motifs is 1. The van der Waals surface area contributed by atoms with Crippen molar-refractivity contribution < 1.29 is 14.0 Å². The average Bonchev–Trinajstić information content (AvgIpc) is 3.15. The maximum absolute atomic E-state index is 6.04. The fraction of sp³-hybridized carbons (Fsp3) is 0.409. The first kappa shape index (κ1) is 19.1. The third kappa shape index (κ3) is 4.26. The standard InChI is InChI=1S/C22H24ClN2O3/c1-26-19-5-2-3-6-20(19)27-14-4-11-25-12-9-16(10-13-25)22-18-8-7-17(23)15-21(18)28-24-22/h3,5-8,15-16H,4,9-14H2,1H3. The van der Waals surface area contributed by atoms with Crippen LogP contribution < -0.4 is 9.47 Å². The summed E-state index contributed by atoms with van der Waals surface area (Å²) in [5.74, 6) is 1.95. The fourth-order valence-electron chi connectivity index (χ4n) is 3.81. The van der Waals surface area contributed by atoms with Crippen molar-refractivity contribution in [3.63, 3.8) is 0 Å². The molecule has 5 nitrogen and oxygen atoms in total. The number of piperidine rings is 1. The lowest BCUT2D eigenvalue weighted by atomic mass is 9.91. The Labute approximate surface area is 170 Å². The Morgan fingerprint density at radius 2 is 2.11 bits per heavy atom. The molecule has 1 fully saturated rings. The Kier molecular flexibility index (Phi) is 6.03. The van der Waals surface area contributed by atoms with E-state index in [0.29, 0.717) is 17.5 Å². The first-order valence-electron chi connectivity index (χ1n) is 9.68. The molecular formula is C22H24ClN2O3. The number of hydrogen-bond donors (Lipinski definition) is 0. The molecule has 2 heterocycles. The van der Waals surface area contributed by atoms with Crippen molar-refractivity contribution in [3.05, 3.63) is 53.2 Å². The normalized spacial score (nSPS) is 15.8. The van der Waals surface area contributed by atoms with E-state index in [1.807, 2.05) is 30.3 Å². The minimum absolute atomic E-state index is 0.444. The molecule has 1 saturated heterocycles. The van der Waals surface area contributed by atoms with Gasteiger partial charge in [0.05, 0.1) is 19.4 Å².